The summed E-state index contributed by atoms with van der Waals surface area (Å²) in [5.74, 6) is 1.29. The molecule has 1 saturated carbocycles. The number of hydrogen-bond acceptors (Lipinski definition) is 2. The second-order valence-corrected chi connectivity index (χ2v) is 8.23. The molecular weight excluding hydrogens is 268 g/mol. The summed E-state index contributed by atoms with van der Waals surface area (Å²) >= 11 is 0. The van der Waals surface area contributed by atoms with Gasteiger partial charge in [0.2, 0.25) is 0 Å². The van der Waals surface area contributed by atoms with Gasteiger partial charge in [-0.15, -0.1) is 0 Å². The molecule has 22 heavy (non-hydrogen) atoms. The van der Waals surface area contributed by atoms with Gasteiger partial charge in [-0.1, -0.05) is 53.5 Å². The van der Waals surface area contributed by atoms with Gasteiger partial charge < -0.3 is 10.6 Å². The average molecular weight is 303 g/mol. The van der Waals surface area contributed by atoms with E-state index in [0.717, 1.165) is 18.8 Å². The van der Waals surface area contributed by atoms with Crippen LogP contribution in [0.3, 0.4) is 0 Å². The number of benzene rings is 1. The third-order valence-corrected chi connectivity index (χ3v) is 4.94. The van der Waals surface area contributed by atoms with Crippen molar-refractivity contribution in [3.05, 3.63) is 23.8 Å². The summed E-state index contributed by atoms with van der Waals surface area (Å²) in [7, 11) is 0. The molecule has 2 nitrogen and oxygen atoms in total. The number of nitrogens with zero attached hydrogens (tertiary/aromatic N) is 1. The van der Waals surface area contributed by atoms with E-state index >= 15 is 0 Å². The molecular formula is C20H34N2. The van der Waals surface area contributed by atoms with Gasteiger partial charge in [0, 0.05) is 13.1 Å². The SMILES string of the molecule is CC(C)CN(CC(C)C)c1ccc(C2(C)CCCC2)cc1N. The highest BCUT2D eigenvalue weighted by molar-refractivity contribution is 5.69. The molecule has 0 atom stereocenters. The van der Waals surface area contributed by atoms with Gasteiger partial charge in [0.15, 0.2) is 0 Å². The maximum Gasteiger partial charge on any atom is 0.0600 e. The molecule has 0 radical (unpaired) electrons. The van der Waals surface area contributed by atoms with Crippen molar-refractivity contribution in [1.82, 2.24) is 0 Å². The molecule has 1 aromatic carbocycles. The zero-order valence-corrected chi connectivity index (χ0v) is 15.2. The molecule has 0 spiro atoms. The van der Waals surface area contributed by atoms with E-state index in [1.807, 2.05) is 0 Å². The zero-order chi connectivity index (χ0) is 16.3. The van der Waals surface area contributed by atoms with E-state index in [4.69, 9.17) is 5.73 Å². The van der Waals surface area contributed by atoms with E-state index in [1.165, 1.54) is 36.9 Å². The quantitative estimate of drug-likeness (QED) is 0.730. The van der Waals surface area contributed by atoms with Crippen LogP contribution in [0.4, 0.5) is 11.4 Å². The van der Waals surface area contributed by atoms with Crippen molar-refractivity contribution in [3.63, 3.8) is 0 Å². The largest absolute Gasteiger partial charge is 0.397 e. The van der Waals surface area contributed by atoms with Crippen molar-refractivity contribution in [1.29, 1.82) is 0 Å². The van der Waals surface area contributed by atoms with Crippen LogP contribution in [-0.2, 0) is 5.41 Å². The number of nitrogen functional groups attached to an aromatic ring is 1. The molecule has 0 unspecified atom stereocenters. The summed E-state index contributed by atoms with van der Waals surface area (Å²) in [6.45, 7) is 13.6. The fraction of sp³-hybridized carbons (Fsp3) is 0.700. The zero-order valence-electron chi connectivity index (χ0n) is 15.2. The summed E-state index contributed by atoms with van der Waals surface area (Å²) in [6.07, 6.45) is 5.30. The van der Waals surface area contributed by atoms with E-state index in [2.05, 4.69) is 57.7 Å². The third kappa shape index (κ3) is 3.97. The highest BCUT2D eigenvalue weighted by atomic mass is 15.1. The lowest BCUT2D eigenvalue weighted by molar-refractivity contribution is 0.491. The number of nitrogens with two attached hydrogens (primary N) is 1. The van der Waals surface area contributed by atoms with E-state index in [9.17, 15) is 0 Å². The topological polar surface area (TPSA) is 29.3 Å². The van der Waals surface area contributed by atoms with Gasteiger partial charge >= 0.3 is 0 Å². The van der Waals surface area contributed by atoms with Crippen molar-refractivity contribution in [2.24, 2.45) is 11.8 Å². The Labute approximate surface area is 137 Å². The van der Waals surface area contributed by atoms with Crippen LogP contribution in [0.1, 0.15) is 65.9 Å². The van der Waals surface area contributed by atoms with Gasteiger partial charge in [-0.05, 0) is 47.8 Å². The Hall–Kier alpha value is -1.18. The van der Waals surface area contributed by atoms with Crippen LogP contribution in [0, 0.1) is 11.8 Å². The Morgan fingerprint density at radius 3 is 2.05 bits per heavy atom. The highest BCUT2D eigenvalue weighted by Gasteiger charge is 2.31. The molecule has 0 aliphatic heterocycles. The number of rotatable bonds is 6. The van der Waals surface area contributed by atoms with Crippen molar-refractivity contribution in [3.8, 4) is 0 Å². The van der Waals surface area contributed by atoms with E-state index in [1.54, 1.807) is 0 Å². The van der Waals surface area contributed by atoms with E-state index in [-0.39, 0.29) is 0 Å². The first-order chi connectivity index (χ1) is 10.3. The first-order valence-electron chi connectivity index (χ1n) is 8.97. The van der Waals surface area contributed by atoms with Gasteiger partial charge in [0.25, 0.3) is 0 Å². The Balaban J connectivity index is 2.26. The Morgan fingerprint density at radius 2 is 1.59 bits per heavy atom. The van der Waals surface area contributed by atoms with Gasteiger partial charge in [0.1, 0.15) is 0 Å². The normalized spacial score (nSPS) is 17.4. The predicted octanol–water partition coefficient (Wildman–Crippen LogP) is 5.22. The predicted molar refractivity (Wildman–Crippen MR) is 98.6 cm³/mol. The second kappa shape index (κ2) is 6.93. The van der Waals surface area contributed by atoms with Gasteiger partial charge in [0.05, 0.1) is 11.4 Å². The standard InChI is InChI=1S/C20H34N2/c1-15(2)13-22(14-16(3)4)19-9-8-17(12-18(19)21)20(5)10-6-7-11-20/h8-9,12,15-16H,6-7,10-11,13-14,21H2,1-5H3. The minimum Gasteiger partial charge on any atom is -0.397 e. The molecule has 124 valence electrons. The molecule has 1 fully saturated rings. The summed E-state index contributed by atoms with van der Waals surface area (Å²) in [4.78, 5) is 2.46. The fourth-order valence-electron chi connectivity index (χ4n) is 3.81. The lowest BCUT2D eigenvalue weighted by atomic mass is 9.81. The molecule has 2 heteroatoms. The minimum absolute atomic E-state index is 0.341. The molecule has 1 aromatic rings. The van der Waals surface area contributed by atoms with Crippen LogP contribution in [0.25, 0.3) is 0 Å². The van der Waals surface area contributed by atoms with Gasteiger partial charge in [-0.25, -0.2) is 0 Å². The number of hydrogen-bond donors (Lipinski definition) is 1. The van der Waals surface area contributed by atoms with Crippen molar-refractivity contribution in [2.45, 2.75) is 65.7 Å². The Kier molecular flexibility index (Phi) is 5.41. The van der Waals surface area contributed by atoms with Crippen LogP contribution in [0.15, 0.2) is 18.2 Å². The summed E-state index contributed by atoms with van der Waals surface area (Å²) in [5.41, 5.74) is 10.4. The Bertz CT molecular complexity index is 474. The second-order valence-electron chi connectivity index (χ2n) is 8.23. The summed E-state index contributed by atoms with van der Waals surface area (Å²) in [6, 6.07) is 6.83. The highest BCUT2D eigenvalue weighted by Crippen LogP contribution is 2.42. The maximum absolute atomic E-state index is 6.46. The van der Waals surface area contributed by atoms with Crippen molar-refractivity contribution >= 4 is 11.4 Å². The van der Waals surface area contributed by atoms with Crippen LogP contribution in [0.5, 0.6) is 0 Å². The van der Waals surface area contributed by atoms with E-state index < -0.39 is 0 Å². The van der Waals surface area contributed by atoms with Crippen molar-refractivity contribution < 1.29 is 0 Å². The van der Waals surface area contributed by atoms with Gasteiger partial charge in [-0.2, -0.15) is 0 Å². The molecule has 0 amide bonds. The summed E-state index contributed by atoms with van der Waals surface area (Å²) < 4.78 is 0. The Morgan fingerprint density at radius 1 is 1.05 bits per heavy atom. The fourth-order valence-corrected chi connectivity index (χ4v) is 3.81. The first-order valence-corrected chi connectivity index (χ1v) is 8.97. The van der Waals surface area contributed by atoms with Crippen LogP contribution < -0.4 is 10.6 Å². The average Bonchev–Trinajstić information content (AvgIpc) is 2.85. The summed E-state index contributed by atoms with van der Waals surface area (Å²) in [5, 5.41) is 0. The van der Waals surface area contributed by atoms with Gasteiger partial charge in [-0.3, -0.25) is 0 Å². The minimum atomic E-state index is 0.341. The maximum atomic E-state index is 6.46. The molecule has 2 rings (SSSR count). The van der Waals surface area contributed by atoms with Crippen LogP contribution in [-0.4, -0.2) is 13.1 Å². The van der Waals surface area contributed by atoms with Crippen LogP contribution in [0.2, 0.25) is 0 Å². The molecule has 1 aliphatic rings. The first kappa shape index (κ1) is 17.2. The van der Waals surface area contributed by atoms with Crippen molar-refractivity contribution in [2.75, 3.05) is 23.7 Å². The number of anilines is 2. The smallest absolute Gasteiger partial charge is 0.0600 e. The molecule has 0 aromatic heterocycles. The lowest BCUT2D eigenvalue weighted by Crippen LogP contribution is -2.32. The molecule has 0 bridgehead atoms. The molecule has 1 aliphatic carbocycles. The molecule has 2 N–H and O–H groups in total. The molecule has 0 heterocycles. The molecule has 0 saturated heterocycles. The lowest BCUT2D eigenvalue weighted by Gasteiger charge is -2.31. The van der Waals surface area contributed by atoms with Crippen LogP contribution >= 0.6 is 0 Å². The monoisotopic (exact) mass is 302 g/mol. The third-order valence-electron chi connectivity index (χ3n) is 4.94. The van der Waals surface area contributed by atoms with E-state index in [0.29, 0.717) is 17.3 Å².